The maximum absolute atomic E-state index is 8.04. The summed E-state index contributed by atoms with van der Waals surface area (Å²) >= 11 is 0. The SMILES string of the molecule is CCN/C=C(/C(=N)ON)C(=N)N1CCOCC1. The summed E-state index contributed by atoms with van der Waals surface area (Å²) in [5.41, 5.74) is 0.344. The lowest BCUT2D eigenvalue weighted by atomic mass is 10.2. The van der Waals surface area contributed by atoms with Gasteiger partial charge in [-0.25, -0.2) is 0 Å². The average molecular weight is 241 g/mol. The van der Waals surface area contributed by atoms with Crippen molar-refractivity contribution in [2.24, 2.45) is 5.90 Å². The highest BCUT2D eigenvalue weighted by molar-refractivity contribution is 6.18. The van der Waals surface area contributed by atoms with E-state index in [-0.39, 0.29) is 11.7 Å². The van der Waals surface area contributed by atoms with Crippen LogP contribution in [0.25, 0.3) is 0 Å². The Hall–Kier alpha value is -1.60. The Morgan fingerprint density at radius 2 is 2.12 bits per heavy atom. The van der Waals surface area contributed by atoms with Crippen LogP contribution in [0.3, 0.4) is 0 Å². The molecule has 1 fully saturated rings. The zero-order valence-corrected chi connectivity index (χ0v) is 9.95. The van der Waals surface area contributed by atoms with Crippen LogP contribution in [0.2, 0.25) is 0 Å². The van der Waals surface area contributed by atoms with Gasteiger partial charge in [-0.05, 0) is 6.92 Å². The largest absolute Gasteiger partial charge is 0.391 e. The first-order valence-electron chi connectivity index (χ1n) is 5.51. The molecule has 7 heteroatoms. The number of amidine groups is 1. The third-order valence-electron chi connectivity index (χ3n) is 2.40. The van der Waals surface area contributed by atoms with Crippen molar-refractivity contribution in [3.8, 4) is 0 Å². The summed E-state index contributed by atoms with van der Waals surface area (Å²) in [5.74, 6) is 4.99. The molecule has 0 bridgehead atoms. The van der Waals surface area contributed by atoms with Crippen LogP contribution in [0.1, 0.15) is 6.92 Å². The minimum Gasteiger partial charge on any atom is -0.391 e. The van der Waals surface area contributed by atoms with E-state index >= 15 is 0 Å². The van der Waals surface area contributed by atoms with Gasteiger partial charge in [-0.3, -0.25) is 10.8 Å². The predicted molar refractivity (Wildman–Crippen MR) is 64.9 cm³/mol. The smallest absolute Gasteiger partial charge is 0.242 e. The Balaban J connectivity index is 2.74. The van der Waals surface area contributed by atoms with Crippen molar-refractivity contribution in [3.05, 3.63) is 11.8 Å². The summed E-state index contributed by atoms with van der Waals surface area (Å²) in [6.07, 6.45) is 1.58. The van der Waals surface area contributed by atoms with Crippen molar-refractivity contribution in [3.63, 3.8) is 0 Å². The van der Waals surface area contributed by atoms with E-state index < -0.39 is 0 Å². The molecule has 0 spiro atoms. The minimum absolute atomic E-state index is 0.220. The highest BCUT2D eigenvalue weighted by Gasteiger charge is 2.20. The lowest BCUT2D eigenvalue weighted by Crippen LogP contribution is -2.42. The molecular weight excluding hydrogens is 222 g/mol. The molecule has 1 aliphatic rings. The van der Waals surface area contributed by atoms with Gasteiger partial charge in [-0.15, -0.1) is 0 Å². The average Bonchev–Trinajstić information content (AvgIpc) is 2.39. The predicted octanol–water partition coefficient (Wildman–Crippen LogP) is -0.343. The van der Waals surface area contributed by atoms with E-state index in [9.17, 15) is 0 Å². The van der Waals surface area contributed by atoms with Crippen LogP contribution in [-0.4, -0.2) is 49.5 Å². The first-order chi connectivity index (χ1) is 8.20. The highest BCUT2D eigenvalue weighted by Crippen LogP contribution is 2.06. The monoisotopic (exact) mass is 241 g/mol. The van der Waals surface area contributed by atoms with E-state index in [2.05, 4.69) is 10.2 Å². The number of morpholine rings is 1. The van der Waals surface area contributed by atoms with Gasteiger partial charge < -0.3 is 19.8 Å². The van der Waals surface area contributed by atoms with Crippen molar-refractivity contribution in [1.29, 1.82) is 10.8 Å². The summed E-state index contributed by atoms with van der Waals surface area (Å²) < 4.78 is 5.21. The van der Waals surface area contributed by atoms with E-state index in [0.29, 0.717) is 38.4 Å². The number of nitrogens with two attached hydrogens (primary N) is 1. The van der Waals surface area contributed by atoms with E-state index in [1.165, 1.54) is 0 Å². The molecule has 1 aliphatic heterocycles. The Morgan fingerprint density at radius 1 is 1.47 bits per heavy atom. The van der Waals surface area contributed by atoms with Crippen LogP contribution in [0.15, 0.2) is 11.8 Å². The summed E-state index contributed by atoms with van der Waals surface area (Å²) in [7, 11) is 0. The van der Waals surface area contributed by atoms with Gasteiger partial charge in [0.1, 0.15) is 5.84 Å². The summed E-state index contributed by atoms with van der Waals surface area (Å²) in [5, 5.41) is 18.6. The first kappa shape index (κ1) is 13.5. The van der Waals surface area contributed by atoms with Gasteiger partial charge in [-0.1, -0.05) is 0 Å². The number of nitrogens with one attached hydrogen (secondary N) is 3. The van der Waals surface area contributed by atoms with Gasteiger partial charge in [0.2, 0.25) is 5.90 Å². The number of ether oxygens (including phenoxy) is 1. The first-order valence-corrected chi connectivity index (χ1v) is 5.51. The second-order valence-electron chi connectivity index (χ2n) is 3.51. The Morgan fingerprint density at radius 3 is 2.65 bits per heavy atom. The van der Waals surface area contributed by atoms with Crippen LogP contribution in [-0.2, 0) is 9.57 Å². The molecule has 0 atom stereocenters. The Bertz CT molecular complexity index is 310. The minimum atomic E-state index is -0.220. The Kier molecular flexibility index (Phi) is 5.44. The Labute approximate surface area is 101 Å². The molecule has 96 valence electrons. The molecule has 0 aromatic rings. The fraction of sp³-hybridized carbons (Fsp3) is 0.600. The molecule has 0 aromatic heterocycles. The quantitative estimate of drug-likeness (QED) is 0.306. The lowest BCUT2D eigenvalue weighted by Gasteiger charge is -2.29. The number of hydrogen-bond donors (Lipinski definition) is 4. The molecule has 0 saturated carbocycles. The van der Waals surface area contributed by atoms with Gasteiger partial charge in [0.15, 0.2) is 0 Å². The van der Waals surface area contributed by atoms with Crippen molar-refractivity contribution < 1.29 is 9.57 Å². The molecule has 0 unspecified atom stereocenters. The van der Waals surface area contributed by atoms with Crippen LogP contribution < -0.4 is 11.2 Å². The zero-order valence-electron chi connectivity index (χ0n) is 9.95. The lowest BCUT2D eigenvalue weighted by molar-refractivity contribution is 0.0679. The van der Waals surface area contributed by atoms with Crippen LogP contribution in [0, 0.1) is 10.8 Å². The van der Waals surface area contributed by atoms with Crippen molar-refractivity contribution in [1.82, 2.24) is 10.2 Å². The maximum atomic E-state index is 8.04. The number of rotatable bonds is 4. The molecule has 0 amide bonds. The second-order valence-corrected chi connectivity index (χ2v) is 3.51. The summed E-state index contributed by atoms with van der Waals surface area (Å²) in [4.78, 5) is 6.23. The van der Waals surface area contributed by atoms with Crippen LogP contribution >= 0.6 is 0 Å². The molecule has 17 heavy (non-hydrogen) atoms. The fourth-order valence-electron chi connectivity index (χ4n) is 1.47. The maximum Gasteiger partial charge on any atom is 0.242 e. The van der Waals surface area contributed by atoms with Gasteiger partial charge in [0.25, 0.3) is 0 Å². The molecule has 1 heterocycles. The van der Waals surface area contributed by atoms with Crippen molar-refractivity contribution in [2.75, 3.05) is 32.8 Å². The normalized spacial score (nSPS) is 16.6. The van der Waals surface area contributed by atoms with Gasteiger partial charge in [0, 0.05) is 25.8 Å². The van der Waals surface area contributed by atoms with Crippen molar-refractivity contribution in [2.45, 2.75) is 6.92 Å². The third-order valence-corrected chi connectivity index (χ3v) is 2.40. The second kappa shape index (κ2) is 6.87. The topological polar surface area (TPSA) is 107 Å². The fourth-order valence-corrected chi connectivity index (χ4v) is 1.47. The summed E-state index contributed by atoms with van der Waals surface area (Å²) in [6, 6.07) is 0. The number of nitrogens with zero attached hydrogens (tertiary/aromatic N) is 1. The van der Waals surface area contributed by atoms with Crippen LogP contribution in [0.5, 0.6) is 0 Å². The van der Waals surface area contributed by atoms with Gasteiger partial charge in [0.05, 0.1) is 18.8 Å². The molecule has 7 nitrogen and oxygen atoms in total. The van der Waals surface area contributed by atoms with Crippen LogP contribution in [0.4, 0.5) is 0 Å². The van der Waals surface area contributed by atoms with Crippen molar-refractivity contribution >= 4 is 11.7 Å². The van der Waals surface area contributed by atoms with E-state index in [1.54, 1.807) is 6.20 Å². The van der Waals surface area contributed by atoms with Gasteiger partial charge >= 0.3 is 0 Å². The molecule has 1 saturated heterocycles. The standard InChI is InChI=1S/C10H19N5O2/c1-2-14-7-8(10(12)17-13)9(11)15-3-5-16-6-4-15/h7,11-12,14H,2-6,13H2,1H3/b8-7+,11-9?,12-10?. The molecule has 1 rings (SSSR count). The summed E-state index contributed by atoms with van der Waals surface area (Å²) in [6.45, 7) is 5.10. The molecule has 0 radical (unpaired) electrons. The molecular formula is C10H19N5O2. The van der Waals surface area contributed by atoms with E-state index in [0.717, 1.165) is 0 Å². The molecule has 5 N–H and O–H groups in total. The highest BCUT2D eigenvalue weighted by atomic mass is 16.6. The van der Waals surface area contributed by atoms with E-state index in [1.807, 2.05) is 11.8 Å². The van der Waals surface area contributed by atoms with E-state index in [4.69, 9.17) is 21.5 Å². The molecule has 0 aliphatic carbocycles. The third kappa shape index (κ3) is 3.72. The van der Waals surface area contributed by atoms with Gasteiger partial charge in [-0.2, -0.15) is 5.90 Å². The molecule has 0 aromatic carbocycles. The zero-order chi connectivity index (χ0) is 12.7. The number of hydrogen-bond acceptors (Lipinski definition) is 6.